The Morgan fingerprint density at radius 1 is 1.19 bits per heavy atom. The Bertz CT molecular complexity index is 910. The molecule has 3 heterocycles. The lowest BCUT2D eigenvalue weighted by Crippen LogP contribution is -2.42. The van der Waals surface area contributed by atoms with Gasteiger partial charge in [-0.2, -0.15) is 0 Å². The van der Waals surface area contributed by atoms with Crippen LogP contribution in [-0.2, 0) is 19.4 Å². The van der Waals surface area contributed by atoms with E-state index in [0.29, 0.717) is 31.7 Å². The van der Waals surface area contributed by atoms with Crippen LogP contribution in [0.5, 0.6) is 5.75 Å². The summed E-state index contributed by atoms with van der Waals surface area (Å²) in [6.45, 7) is 1.74. The third-order valence-electron chi connectivity index (χ3n) is 4.98. The third kappa shape index (κ3) is 3.32. The summed E-state index contributed by atoms with van der Waals surface area (Å²) in [6.07, 6.45) is 4.84. The van der Waals surface area contributed by atoms with Crippen molar-refractivity contribution in [3.8, 4) is 5.75 Å². The standard InChI is InChI=1S/C20H22N4O3/c1-23(2)20(26)24-7-5-16-14(12-24)10-21-11-17(16)19(25)22-15-3-4-18-13(9-15)6-8-27-18/h3-4,9-11H,5-8,12H2,1-2H3,(H,22,25). The van der Waals surface area contributed by atoms with Crippen molar-refractivity contribution in [3.63, 3.8) is 0 Å². The molecule has 4 rings (SSSR count). The number of pyridine rings is 1. The van der Waals surface area contributed by atoms with Crippen molar-refractivity contribution in [3.05, 3.63) is 52.8 Å². The van der Waals surface area contributed by atoms with Crippen LogP contribution in [0.3, 0.4) is 0 Å². The van der Waals surface area contributed by atoms with Crippen LogP contribution in [-0.4, -0.2) is 54.0 Å². The molecular formula is C20H22N4O3. The van der Waals surface area contributed by atoms with E-state index in [-0.39, 0.29) is 11.9 Å². The fourth-order valence-electron chi connectivity index (χ4n) is 3.60. The molecule has 0 fully saturated rings. The number of anilines is 1. The number of aromatic nitrogens is 1. The minimum Gasteiger partial charge on any atom is -0.493 e. The zero-order chi connectivity index (χ0) is 19.0. The van der Waals surface area contributed by atoms with Gasteiger partial charge in [0.25, 0.3) is 5.91 Å². The van der Waals surface area contributed by atoms with Crippen LogP contribution in [0.4, 0.5) is 10.5 Å². The van der Waals surface area contributed by atoms with E-state index < -0.39 is 0 Å². The van der Waals surface area contributed by atoms with Crippen LogP contribution < -0.4 is 10.1 Å². The molecule has 0 unspecified atom stereocenters. The monoisotopic (exact) mass is 366 g/mol. The highest BCUT2D eigenvalue weighted by Gasteiger charge is 2.26. The van der Waals surface area contributed by atoms with Gasteiger partial charge in [-0.05, 0) is 41.3 Å². The lowest BCUT2D eigenvalue weighted by atomic mass is 9.96. The van der Waals surface area contributed by atoms with Crippen molar-refractivity contribution in [2.24, 2.45) is 0 Å². The molecule has 2 aromatic rings. The average Bonchev–Trinajstić information content (AvgIpc) is 3.14. The number of hydrogen-bond donors (Lipinski definition) is 1. The first-order valence-electron chi connectivity index (χ1n) is 9.02. The number of ether oxygens (including phenoxy) is 1. The molecule has 2 aliphatic rings. The molecule has 7 nitrogen and oxygen atoms in total. The van der Waals surface area contributed by atoms with Gasteiger partial charge in [-0.1, -0.05) is 0 Å². The van der Waals surface area contributed by atoms with Crippen LogP contribution >= 0.6 is 0 Å². The summed E-state index contributed by atoms with van der Waals surface area (Å²) in [5.74, 6) is 0.711. The number of carbonyl (C=O) groups excluding carboxylic acids is 2. The third-order valence-corrected chi connectivity index (χ3v) is 4.98. The maximum absolute atomic E-state index is 12.8. The van der Waals surface area contributed by atoms with Crippen molar-refractivity contribution in [2.75, 3.05) is 32.6 Å². The molecule has 0 aliphatic carbocycles. The van der Waals surface area contributed by atoms with Gasteiger partial charge in [0.2, 0.25) is 0 Å². The Morgan fingerprint density at radius 3 is 2.85 bits per heavy atom. The van der Waals surface area contributed by atoms with Gasteiger partial charge >= 0.3 is 6.03 Å². The summed E-state index contributed by atoms with van der Waals surface area (Å²) in [7, 11) is 3.48. The summed E-state index contributed by atoms with van der Waals surface area (Å²) in [4.78, 5) is 32.6. The van der Waals surface area contributed by atoms with Gasteiger partial charge in [0.15, 0.2) is 0 Å². The fraction of sp³-hybridized carbons (Fsp3) is 0.350. The molecule has 0 spiro atoms. The topological polar surface area (TPSA) is 74.8 Å². The second-order valence-electron chi connectivity index (χ2n) is 7.05. The molecule has 140 valence electrons. The lowest BCUT2D eigenvalue weighted by molar-refractivity contribution is 0.102. The van der Waals surface area contributed by atoms with E-state index in [1.165, 1.54) is 0 Å². The molecule has 27 heavy (non-hydrogen) atoms. The summed E-state index contributed by atoms with van der Waals surface area (Å²) < 4.78 is 5.51. The van der Waals surface area contributed by atoms with Gasteiger partial charge in [-0.25, -0.2) is 4.79 Å². The number of hydrogen-bond acceptors (Lipinski definition) is 4. The van der Waals surface area contributed by atoms with Crippen LogP contribution in [0.15, 0.2) is 30.6 Å². The first-order valence-corrected chi connectivity index (χ1v) is 9.02. The molecule has 3 amide bonds. The van der Waals surface area contributed by atoms with Gasteiger partial charge in [0.1, 0.15) is 5.75 Å². The maximum atomic E-state index is 12.8. The fourth-order valence-corrected chi connectivity index (χ4v) is 3.60. The molecule has 1 aromatic heterocycles. The van der Waals surface area contributed by atoms with Crippen molar-refractivity contribution in [2.45, 2.75) is 19.4 Å². The second kappa shape index (κ2) is 6.90. The van der Waals surface area contributed by atoms with Crippen molar-refractivity contribution < 1.29 is 14.3 Å². The number of nitrogens with zero attached hydrogens (tertiary/aromatic N) is 3. The van der Waals surface area contributed by atoms with E-state index in [1.807, 2.05) is 18.2 Å². The first kappa shape index (κ1) is 17.3. The Balaban J connectivity index is 1.54. The number of nitrogens with one attached hydrogen (secondary N) is 1. The Morgan fingerprint density at radius 2 is 2.04 bits per heavy atom. The molecule has 0 radical (unpaired) electrons. The Hall–Kier alpha value is -3.09. The Kier molecular flexibility index (Phi) is 4.43. The van der Waals surface area contributed by atoms with Crippen LogP contribution in [0.1, 0.15) is 27.0 Å². The van der Waals surface area contributed by atoms with Gasteiger partial charge in [0.05, 0.1) is 12.2 Å². The Labute approximate surface area is 157 Å². The largest absolute Gasteiger partial charge is 0.493 e. The highest BCUT2D eigenvalue weighted by atomic mass is 16.5. The molecule has 1 N–H and O–H groups in total. The smallest absolute Gasteiger partial charge is 0.319 e. The molecule has 0 saturated carbocycles. The lowest BCUT2D eigenvalue weighted by Gasteiger charge is -2.31. The second-order valence-corrected chi connectivity index (χ2v) is 7.05. The first-order chi connectivity index (χ1) is 13.0. The van der Waals surface area contributed by atoms with Crippen LogP contribution in [0.2, 0.25) is 0 Å². The van der Waals surface area contributed by atoms with E-state index in [2.05, 4.69) is 10.3 Å². The van der Waals surface area contributed by atoms with Crippen molar-refractivity contribution in [1.82, 2.24) is 14.8 Å². The van der Waals surface area contributed by atoms with E-state index in [4.69, 9.17) is 4.74 Å². The van der Waals surface area contributed by atoms with Gasteiger partial charge in [0, 0.05) is 51.7 Å². The summed E-state index contributed by atoms with van der Waals surface area (Å²) in [5, 5.41) is 2.97. The zero-order valence-corrected chi connectivity index (χ0v) is 15.5. The highest BCUT2D eigenvalue weighted by Crippen LogP contribution is 2.28. The summed E-state index contributed by atoms with van der Waals surface area (Å²) in [6, 6.07) is 5.67. The summed E-state index contributed by atoms with van der Waals surface area (Å²) >= 11 is 0. The number of benzene rings is 1. The van der Waals surface area contributed by atoms with Crippen molar-refractivity contribution in [1.29, 1.82) is 0 Å². The van der Waals surface area contributed by atoms with Gasteiger partial charge < -0.3 is 19.9 Å². The van der Waals surface area contributed by atoms with Crippen molar-refractivity contribution >= 4 is 17.6 Å². The van der Waals surface area contributed by atoms with E-state index in [0.717, 1.165) is 34.5 Å². The van der Waals surface area contributed by atoms with E-state index in [1.54, 1.807) is 36.3 Å². The normalized spacial score (nSPS) is 14.8. The molecular weight excluding hydrogens is 344 g/mol. The average molecular weight is 366 g/mol. The van der Waals surface area contributed by atoms with E-state index in [9.17, 15) is 9.59 Å². The zero-order valence-electron chi connectivity index (χ0n) is 15.5. The number of urea groups is 1. The number of fused-ring (bicyclic) bond motifs is 2. The molecule has 7 heteroatoms. The maximum Gasteiger partial charge on any atom is 0.319 e. The van der Waals surface area contributed by atoms with E-state index >= 15 is 0 Å². The number of rotatable bonds is 2. The molecule has 0 saturated heterocycles. The molecule has 0 atom stereocenters. The van der Waals surface area contributed by atoms with Crippen LogP contribution in [0, 0.1) is 0 Å². The number of carbonyl (C=O) groups is 2. The number of amides is 3. The molecule has 1 aromatic carbocycles. The summed E-state index contributed by atoms with van der Waals surface area (Å²) in [5.41, 5.74) is 4.32. The van der Waals surface area contributed by atoms with Gasteiger partial charge in [-0.15, -0.1) is 0 Å². The minimum atomic E-state index is -0.175. The minimum absolute atomic E-state index is 0.0316. The quantitative estimate of drug-likeness (QED) is 0.885. The molecule has 0 bridgehead atoms. The van der Waals surface area contributed by atoms with Gasteiger partial charge in [-0.3, -0.25) is 9.78 Å². The van der Waals surface area contributed by atoms with Crippen LogP contribution in [0.25, 0.3) is 0 Å². The predicted octanol–water partition coefficient (Wildman–Crippen LogP) is 2.31. The SMILES string of the molecule is CN(C)C(=O)N1CCc2c(cncc2C(=O)Nc2ccc3c(c2)CCO3)C1. The predicted molar refractivity (Wildman–Crippen MR) is 101 cm³/mol. The molecule has 2 aliphatic heterocycles. The highest BCUT2D eigenvalue weighted by molar-refractivity contribution is 6.05.